The zero-order valence-electron chi connectivity index (χ0n) is 11.2. The highest BCUT2D eigenvalue weighted by Crippen LogP contribution is 2.16. The van der Waals surface area contributed by atoms with Gasteiger partial charge in [-0.2, -0.15) is 0 Å². The lowest BCUT2D eigenvalue weighted by atomic mass is 10.1. The Kier molecular flexibility index (Phi) is 3.36. The molecule has 96 valence electrons. The maximum Gasteiger partial charge on any atom is 0.203 e. The van der Waals surface area contributed by atoms with Crippen molar-refractivity contribution in [3.63, 3.8) is 0 Å². The first-order valence-electron chi connectivity index (χ1n) is 5.97. The average Bonchev–Trinajstić information content (AvgIpc) is 2.62. The number of aromatic nitrogens is 2. The molecular formula is C14H18FN3. The lowest BCUT2D eigenvalue weighted by Gasteiger charge is -2.09. The Morgan fingerprint density at radius 3 is 2.33 bits per heavy atom. The Bertz CT molecular complexity index is 549. The zero-order chi connectivity index (χ0) is 13.3. The smallest absolute Gasteiger partial charge is 0.203 e. The minimum Gasteiger partial charge on any atom is -0.352 e. The number of nitrogens with zero attached hydrogens (tertiary/aromatic N) is 2. The summed E-state index contributed by atoms with van der Waals surface area (Å²) < 4.78 is 15.4. The van der Waals surface area contributed by atoms with Crippen LogP contribution in [0.3, 0.4) is 0 Å². The summed E-state index contributed by atoms with van der Waals surface area (Å²) in [4.78, 5) is 4.37. The Labute approximate surface area is 107 Å². The van der Waals surface area contributed by atoms with Crippen LogP contribution >= 0.6 is 0 Å². The lowest BCUT2D eigenvalue weighted by Crippen LogP contribution is -2.05. The van der Waals surface area contributed by atoms with Crippen molar-refractivity contribution in [2.75, 3.05) is 5.32 Å². The molecule has 1 aromatic heterocycles. The summed E-state index contributed by atoms with van der Waals surface area (Å²) in [7, 11) is 1.95. The van der Waals surface area contributed by atoms with E-state index in [-0.39, 0.29) is 5.82 Å². The van der Waals surface area contributed by atoms with Crippen molar-refractivity contribution in [2.24, 2.45) is 7.05 Å². The van der Waals surface area contributed by atoms with E-state index in [1.54, 1.807) is 13.8 Å². The quantitative estimate of drug-likeness (QED) is 0.903. The van der Waals surface area contributed by atoms with Gasteiger partial charge in [0.25, 0.3) is 0 Å². The van der Waals surface area contributed by atoms with Gasteiger partial charge in [0, 0.05) is 19.8 Å². The molecule has 0 saturated carbocycles. The summed E-state index contributed by atoms with van der Waals surface area (Å²) in [5, 5.41) is 3.25. The van der Waals surface area contributed by atoms with Gasteiger partial charge in [-0.25, -0.2) is 9.37 Å². The maximum atomic E-state index is 13.5. The molecule has 0 fully saturated rings. The van der Waals surface area contributed by atoms with Crippen LogP contribution in [0.15, 0.2) is 18.3 Å². The molecule has 1 aromatic carbocycles. The number of anilines is 1. The first-order valence-corrected chi connectivity index (χ1v) is 5.97. The third-order valence-electron chi connectivity index (χ3n) is 2.94. The molecule has 3 nitrogen and oxygen atoms in total. The van der Waals surface area contributed by atoms with E-state index in [9.17, 15) is 4.39 Å². The number of hydrogen-bond acceptors (Lipinski definition) is 2. The number of benzene rings is 1. The van der Waals surface area contributed by atoms with Crippen molar-refractivity contribution in [1.29, 1.82) is 0 Å². The third-order valence-corrected chi connectivity index (χ3v) is 2.94. The second-order valence-corrected chi connectivity index (χ2v) is 4.71. The topological polar surface area (TPSA) is 29.9 Å². The molecule has 0 aliphatic heterocycles. The molecule has 0 aliphatic carbocycles. The molecule has 2 aromatic rings. The zero-order valence-corrected chi connectivity index (χ0v) is 11.2. The van der Waals surface area contributed by atoms with Crippen molar-refractivity contribution >= 4 is 5.95 Å². The van der Waals surface area contributed by atoms with Crippen LogP contribution < -0.4 is 5.32 Å². The summed E-state index contributed by atoms with van der Waals surface area (Å²) in [6, 6.07) is 3.73. The number of nitrogens with one attached hydrogen (secondary N) is 1. The van der Waals surface area contributed by atoms with Gasteiger partial charge in [-0.05, 0) is 37.5 Å². The molecule has 0 aliphatic rings. The van der Waals surface area contributed by atoms with Gasteiger partial charge in [-0.15, -0.1) is 0 Å². The fourth-order valence-electron chi connectivity index (χ4n) is 2.10. The monoisotopic (exact) mass is 247 g/mol. The van der Waals surface area contributed by atoms with Crippen molar-refractivity contribution in [2.45, 2.75) is 27.3 Å². The second-order valence-electron chi connectivity index (χ2n) is 4.71. The summed E-state index contributed by atoms with van der Waals surface area (Å²) >= 11 is 0. The Morgan fingerprint density at radius 2 is 1.83 bits per heavy atom. The minimum atomic E-state index is -0.119. The lowest BCUT2D eigenvalue weighted by molar-refractivity contribution is 0.608. The first kappa shape index (κ1) is 12.6. The molecule has 0 unspecified atom stereocenters. The second kappa shape index (κ2) is 4.80. The van der Waals surface area contributed by atoms with Crippen molar-refractivity contribution in [1.82, 2.24) is 9.55 Å². The van der Waals surface area contributed by atoms with Gasteiger partial charge < -0.3 is 9.88 Å². The molecule has 4 heteroatoms. The van der Waals surface area contributed by atoms with E-state index in [1.807, 2.05) is 36.9 Å². The van der Waals surface area contributed by atoms with Crippen LogP contribution in [0, 0.1) is 26.6 Å². The summed E-state index contributed by atoms with van der Waals surface area (Å²) in [6.07, 6.45) is 1.96. The fraction of sp³-hybridized carbons (Fsp3) is 0.357. The van der Waals surface area contributed by atoms with E-state index < -0.39 is 0 Å². The van der Waals surface area contributed by atoms with Crippen LogP contribution in [0.1, 0.15) is 22.4 Å². The number of aryl methyl sites for hydroxylation is 4. The summed E-state index contributed by atoms with van der Waals surface area (Å²) in [5.41, 5.74) is 3.41. The molecule has 0 spiro atoms. The van der Waals surface area contributed by atoms with Gasteiger partial charge >= 0.3 is 0 Å². The standard InChI is InChI=1S/C14H18FN3/c1-9-5-12(6-10(2)13(9)15)7-16-14-17-11(3)8-18(14)4/h5-6,8H,7H2,1-4H3,(H,16,17). The van der Waals surface area contributed by atoms with Gasteiger partial charge in [-0.3, -0.25) is 0 Å². The van der Waals surface area contributed by atoms with Crippen LogP contribution in [-0.4, -0.2) is 9.55 Å². The van der Waals surface area contributed by atoms with Crippen LogP contribution in [0.25, 0.3) is 0 Å². The van der Waals surface area contributed by atoms with Crippen LogP contribution in [0.5, 0.6) is 0 Å². The minimum absolute atomic E-state index is 0.119. The Hall–Kier alpha value is -1.84. The van der Waals surface area contributed by atoms with Gasteiger partial charge in [0.05, 0.1) is 5.69 Å². The predicted molar refractivity (Wildman–Crippen MR) is 71.1 cm³/mol. The SMILES string of the molecule is Cc1cn(C)c(NCc2cc(C)c(F)c(C)c2)n1. The number of imidazole rings is 1. The van der Waals surface area contributed by atoms with E-state index in [0.29, 0.717) is 17.7 Å². The van der Waals surface area contributed by atoms with Crippen molar-refractivity contribution in [3.8, 4) is 0 Å². The Balaban J connectivity index is 2.13. The molecule has 18 heavy (non-hydrogen) atoms. The molecule has 0 saturated heterocycles. The highest BCUT2D eigenvalue weighted by atomic mass is 19.1. The Morgan fingerprint density at radius 1 is 1.22 bits per heavy atom. The van der Waals surface area contributed by atoms with Crippen LogP contribution in [0.2, 0.25) is 0 Å². The predicted octanol–water partition coefficient (Wildman–Crippen LogP) is 3.10. The fourth-order valence-corrected chi connectivity index (χ4v) is 2.10. The van der Waals surface area contributed by atoms with Crippen molar-refractivity contribution < 1.29 is 4.39 Å². The summed E-state index contributed by atoms with van der Waals surface area (Å²) in [6.45, 7) is 6.18. The number of rotatable bonds is 3. The van der Waals surface area contributed by atoms with Crippen LogP contribution in [-0.2, 0) is 13.6 Å². The molecular weight excluding hydrogens is 229 g/mol. The normalized spacial score (nSPS) is 10.7. The molecule has 0 amide bonds. The van der Waals surface area contributed by atoms with Gasteiger partial charge in [0.2, 0.25) is 5.95 Å². The third kappa shape index (κ3) is 2.53. The van der Waals surface area contributed by atoms with E-state index in [4.69, 9.17) is 0 Å². The highest BCUT2D eigenvalue weighted by Gasteiger charge is 2.06. The van der Waals surface area contributed by atoms with Gasteiger partial charge in [-0.1, -0.05) is 12.1 Å². The van der Waals surface area contributed by atoms with E-state index >= 15 is 0 Å². The molecule has 0 atom stereocenters. The van der Waals surface area contributed by atoms with E-state index in [1.165, 1.54) is 0 Å². The molecule has 2 rings (SSSR count). The van der Waals surface area contributed by atoms with Gasteiger partial charge in [0.15, 0.2) is 0 Å². The highest BCUT2D eigenvalue weighted by molar-refractivity contribution is 5.35. The van der Waals surface area contributed by atoms with Crippen molar-refractivity contribution in [3.05, 3.63) is 46.5 Å². The van der Waals surface area contributed by atoms with Gasteiger partial charge in [0.1, 0.15) is 5.82 Å². The van der Waals surface area contributed by atoms with Crippen LogP contribution in [0.4, 0.5) is 10.3 Å². The summed E-state index contributed by atoms with van der Waals surface area (Å²) in [5.74, 6) is 0.707. The molecule has 0 radical (unpaired) electrons. The number of halogens is 1. The average molecular weight is 247 g/mol. The number of hydrogen-bond donors (Lipinski definition) is 1. The first-order chi connectivity index (χ1) is 8.47. The molecule has 1 heterocycles. The van der Waals surface area contributed by atoms with E-state index in [0.717, 1.165) is 17.2 Å². The molecule has 0 bridgehead atoms. The largest absolute Gasteiger partial charge is 0.352 e. The van der Waals surface area contributed by atoms with E-state index in [2.05, 4.69) is 10.3 Å². The maximum absolute atomic E-state index is 13.5. The molecule has 1 N–H and O–H groups in total.